The highest BCUT2D eigenvalue weighted by molar-refractivity contribution is 7.88. The van der Waals surface area contributed by atoms with Crippen molar-refractivity contribution in [1.82, 2.24) is 9.62 Å². The smallest absolute Gasteiger partial charge is 0.235 e. The second-order valence-electron chi connectivity index (χ2n) is 7.21. The molecular weight excluding hydrogens is 392 g/mol. The molecule has 0 aliphatic carbocycles. The largest absolute Gasteiger partial charge is 0.486 e. The van der Waals surface area contributed by atoms with Gasteiger partial charge in [-0.1, -0.05) is 35.9 Å². The summed E-state index contributed by atoms with van der Waals surface area (Å²) in [4.78, 5) is 12.5. The van der Waals surface area contributed by atoms with Crippen molar-refractivity contribution >= 4 is 15.9 Å². The molecule has 0 saturated heterocycles. The Hall–Kier alpha value is -2.58. The van der Waals surface area contributed by atoms with E-state index in [1.165, 1.54) is 4.31 Å². The molecule has 1 aliphatic rings. The van der Waals surface area contributed by atoms with Gasteiger partial charge in [-0.15, -0.1) is 0 Å². The van der Waals surface area contributed by atoms with Gasteiger partial charge in [0.15, 0.2) is 11.5 Å². The van der Waals surface area contributed by atoms with E-state index in [2.05, 4.69) is 5.32 Å². The lowest BCUT2D eigenvalue weighted by Gasteiger charge is -2.23. The van der Waals surface area contributed by atoms with Crippen molar-refractivity contribution in [3.63, 3.8) is 0 Å². The van der Waals surface area contributed by atoms with Crippen molar-refractivity contribution in [2.75, 3.05) is 26.0 Å². The highest BCUT2D eigenvalue weighted by Crippen LogP contribution is 2.32. The molecule has 2 aromatic carbocycles. The predicted molar refractivity (Wildman–Crippen MR) is 110 cm³/mol. The number of hydrogen-bond donors (Lipinski definition) is 1. The van der Waals surface area contributed by atoms with Gasteiger partial charge in [0, 0.05) is 6.54 Å². The first-order chi connectivity index (χ1) is 13.7. The molecule has 1 aliphatic heterocycles. The molecule has 0 radical (unpaired) electrons. The van der Waals surface area contributed by atoms with Crippen molar-refractivity contribution < 1.29 is 22.7 Å². The third-order valence-electron chi connectivity index (χ3n) is 4.71. The number of nitrogens with one attached hydrogen (secondary N) is 1. The monoisotopic (exact) mass is 418 g/mol. The lowest BCUT2D eigenvalue weighted by atomic mass is 10.1. The van der Waals surface area contributed by atoms with E-state index in [0.717, 1.165) is 22.9 Å². The van der Waals surface area contributed by atoms with Crippen LogP contribution in [-0.4, -0.2) is 44.6 Å². The summed E-state index contributed by atoms with van der Waals surface area (Å²) in [6.45, 7) is 4.70. The molecule has 8 heteroatoms. The Morgan fingerprint density at radius 3 is 2.41 bits per heavy atom. The fourth-order valence-corrected chi connectivity index (χ4v) is 3.78. The van der Waals surface area contributed by atoms with Crippen LogP contribution in [0.2, 0.25) is 0 Å². The average molecular weight is 419 g/mol. The van der Waals surface area contributed by atoms with Gasteiger partial charge in [0.2, 0.25) is 15.9 Å². The van der Waals surface area contributed by atoms with Gasteiger partial charge in [0.25, 0.3) is 0 Å². The van der Waals surface area contributed by atoms with Crippen LogP contribution < -0.4 is 14.8 Å². The number of hydrogen-bond acceptors (Lipinski definition) is 5. The van der Waals surface area contributed by atoms with Crippen molar-refractivity contribution in [2.45, 2.75) is 26.4 Å². The second-order valence-corrected chi connectivity index (χ2v) is 9.19. The third-order valence-corrected chi connectivity index (χ3v) is 5.91. The number of nitrogens with zero attached hydrogens (tertiary/aromatic N) is 1. The highest BCUT2D eigenvalue weighted by atomic mass is 32.2. The Morgan fingerprint density at radius 2 is 1.76 bits per heavy atom. The van der Waals surface area contributed by atoms with E-state index in [-0.39, 0.29) is 25.0 Å². The van der Waals surface area contributed by atoms with Gasteiger partial charge in [0.1, 0.15) is 13.2 Å². The molecule has 0 aromatic heterocycles. The number of sulfonamides is 1. The molecule has 3 rings (SSSR count). The first kappa shape index (κ1) is 21.1. The topological polar surface area (TPSA) is 84.9 Å². The molecular formula is C21H26N2O5S. The van der Waals surface area contributed by atoms with Crippen molar-refractivity contribution in [3.8, 4) is 11.5 Å². The van der Waals surface area contributed by atoms with Crippen LogP contribution in [0.5, 0.6) is 11.5 Å². The Labute approximate surface area is 171 Å². The molecule has 0 fully saturated rings. The van der Waals surface area contributed by atoms with Crippen LogP contribution in [0, 0.1) is 6.92 Å². The van der Waals surface area contributed by atoms with E-state index in [1.54, 1.807) is 0 Å². The molecule has 29 heavy (non-hydrogen) atoms. The van der Waals surface area contributed by atoms with Crippen LogP contribution in [0.3, 0.4) is 0 Å². The Bertz CT molecular complexity index is 973. The third kappa shape index (κ3) is 5.71. The Morgan fingerprint density at radius 1 is 1.10 bits per heavy atom. The van der Waals surface area contributed by atoms with Crippen LogP contribution in [0.1, 0.15) is 29.7 Å². The maximum absolute atomic E-state index is 12.5. The lowest BCUT2D eigenvalue weighted by Crippen LogP contribution is -2.40. The average Bonchev–Trinajstić information content (AvgIpc) is 2.68. The number of amides is 1. The lowest BCUT2D eigenvalue weighted by molar-refractivity contribution is -0.122. The van der Waals surface area contributed by atoms with E-state index >= 15 is 0 Å². The minimum Gasteiger partial charge on any atom is -0.486 e. The van der Waals surface area contributed by atoms with Gasteiger partial charge in [-0.2, -0.15) is 4.31 Å². The van der Waals surface area contributed by atoms with Gasteiger partial charge < -0.3 is 14.8 Å². The quantitative estimate of drug-likeness (QED) is 0.746. The minimum absolute atomic E-state index is 0.144. The maximum atomic E-state index is 12.5. The van der Waals surface area contributed by atoms with E-state index in [0.29, 0.717) is 24.7 Å². The first-order valence-corrected chi connectivity index (χ1v) is 11.3. The number of aryl methyl sites for hydroxylation is 1. The summed E-state index contributed by atoms with van der Waals surface area (Å²) >= 11 is 0. The number of fused-ring (bicyclic) bond motifs is 1. The molecule has 1 heterocycles. The molecule has 1 N–H and O–H groups in total. The van der Waals surface area contributed by atoms with E-state index < -0.39 is 10.0 Å². The predicted octanol–water partition coefficient (Wildman–Crippen LogP) is 2.41. The first-order valence-electron chi connectivity index (χ1n) is 9.42. The molecule has 1 amide bonds. The van der Waals surface area contributed by atoms with E-state index in [1.807, 2.05) is 56.3 Å². The summed E-state index contributed by atoms with van der Waals surface area (Å²) in [6.07, 6.45) is 1.11. The summed E-state index contributed by atoms with van der Waals surface area (Å²) in [5.74, 6) is 0.955. The standard InChI is InChI=1S/C21H26N2O5S/c1-15-4-6-17(7-5-15)13-23(29(3,25)26)14-21(24)22-16(2)18-8-9-19-20(12-18)28-11-10-27-19/h4-9,12,16H,10-11,13-14H2,1-3H3,(H,22,24). The number of carbonyl (C=O) groups excluding carboxylic acids is 1. The zero-order chi connectivity index (χ0) is 21.0. The van der Waals surface area contributed by atoms with Crippen LogP contribution in [0.25, 0.3) is 0 Å². The summed E-state index contributed by atoms with van der Waals surface area (Å²) in [5, 5.41) is 2.86. The Balaban J connectivity index is 1.65. The summed E-state index contributed by atoms with van der Waals surface area (Å²) < 4.78 is 36.6. The Kier molecular flexibility index (Phi) is 6.44. The van der Waals surface area contributed by atoms with Crippen molar-refractivity contribution in [3.05, 3.63) is 59.2 Å². The van der Waals surface area contributed by atoms with Crippen molar-refractivity contribution in [1.29, 1.82) is 0 Å². The molecule has 1 atom stereocenters. The molecule has 0 spiro atoms. The van der Waals surface area contributed by atoms with Gasteiger partial charge in [-0.05, 0) is 37.1 Å². The zero-order valence-electron chi connectivity index (χ0n) is 16.8. The second kappa shape index (κ2) is 8.84. The van der Waals surface area contributed by atoms with Gasteiger partial charge in [0.05, 0.1) is 18.8 Å². The summed E-state index contributed by atoms with van der Waals surface area (Å²) in [6, 6.07) is 12.8. The van der Waals surface area contributed by atoms with E-state index in [9.17, 15) is 13.2 Å². The molecule has 7 nitrogen and oxygen atoms in total. The van der Waals surface area contributed by atoms with Crippen LogP contribution >= 0.6 is 0 Å². The molecule has 1 unspecified atom stereocenters. The summed E-state index contributed by atoms with van der Waals surface area (Å²) in [7, 11) is -3.54. The fourth-order valence-electron chi connectivity index (χ4n) is 3.05. The number of ether oxygens (including phenoxy) is 2. The van der Waals surface area contributed by atoms with E-state index in [4.69, 9.17) is 9.47 Å². The number of benzene rings is 2. The van der Waals surface area contributed by atoms with Crippen LogP contribution in [0.4, 0.5) is 0 Å². The van der Waals surface area contributed by atoms with Gasteiger partial charge in [-0.3, -0.25) is 4.79 Å². The maximum Gasteiger partial charge on any atom is 0.235 e. The van der Waals surface area contributed by atoms with Gasteiger partial charge >= 0.3 is 0 Å². The van der Waals surface area contributed by atoms with Crippen LogP contribution in [0.15, 0.2) is 42.5 Å². The molecule has 0 bridgehead atoms. The molecule has 156 valence electrons. The fraction of sp³-hybridized carbons (Fsp3) is 0.381. The van der Waals surface area contributed by atoms with Gasteiger partial charge in [-0.25, -0.2) is 8.42 Å². The highest BCUT2D eigenvalue weighted by Gasteiger charge is 2.22. The van der Waals surface area contributed by atoms with Crippen LogP contribution in [-0.2, 0) is 21.4 Å². The normalized spacial score (nSPS) is 14.5. The van der Waals surface area contributed by atoms with Crippen molar-refractivity contribution in [2.24, 2.45) is 0 Å². The number of carbonyl (C=O) groups is 1. The number of rotatable bonds is 7. The summed E-state index contributed by atoms with van der Waals surface area (Å²) in [5.41, 5.74) is 2.77. The SMILES string of the molecule is Cc1ccc(CN(CC(=O)NC(C)c2ccc3c(c2)OCCO3)S(C)(=O)=O)cc1. The minimum atomic E-state index is -3.54. The molecule has 0 saturated carbocycles. The zero-order valence-corrected chi connectivity index (χ0v) is 17.7. The molecule has 2 aromatic rings.